The quantitative estimate of drug-likeness (QED) is 0.648. The number of hydrogen-bond donors (Lipinski definition) is 2. The minimum atomic E-state index is -0.769. The summed E-state index contributed by atoms with van der Waals surface area (Å²) in [6.07, 6.45) is -0.339. The second-order valence-electron chi connectivity index (χ2n) is 6.59. The predicted octanol–water partition coefficient (Wildman–Crippen LogP) is 2.66. The first kappa shape index (κ1) is 18.6. The predicted molar refractivity (Wildman–Crippen MR) is 105 cm³/mol. The van der Waals surface area contributed by atoms with Crippen molar-refractivity contribution in [3.05, 3.63) is 66.2 Å². The number of benzene rings is 3. The van der Waals surface area contributed by atoms with Crippen LogP contribution < -0.4 is 14.8 Å². The fourth-order valence-electron chi connectivity index (χ4n) is 3.04. The topological polar surface area (TPSA) is 94.1 Å². The maximum atomic E-state index is 12.2. The molecule has 4 rings (SSSR count). The first-order valence-corrected chi connectivity index (χ1v) is 9.14. The van der Waals surface area contributed by atoms with Gasteiger partial charge in [-0.15, -0.1) is 0 Å². The molecule has 1 atom stereocenters. The lowest BCUT2D eigenvalue weighted by Crippen LogP contribution is -2.42. The summed E-state index contributed by atoms with van der Waals surface area (Å²) in [4.78, 5) is 24.3. The molecule has 1 aliphatic rings. The molecule has 0 spiro atoms. The Morgan fingerprint density at radius 2 is 1.72 bits per heavy atom. The Kier molecular flexibility index (Phi) is 5.20. The maximum absolute atomic E-state index is 12.2. The molecule has 0 saturated carbocycles. The normalized spacial score (nSPS) is 15.0. The second kappa shape index (κ2) is 8.10. The molecule has 148 valence electrons. The fraction of sp³-hybridized carbons (Fsp3) is 0.182. The molecule has 7 nitrogen and oxygen atoms in total. The van der Waals surface area contributed by atoms with E-state index in [9.17, 15) is 14.7 Å². The number of phenolic OH excluding ortho intramolecular Hbond substituents is 1. The van der Waals surface area contributed by atoms with Gasteiger partial charge in [0.15, 0.2) is 18.1 Å². The largest absolute Gasteiger partial charge is 0.507 e. The van der Waals surface area contributed by atoms with Crippen molar-refractivity contribution < 1.29 is 28.9 Å². The summed E-state index contributed by atoms with van der Waals surface area (Å²) in [5, 5.41) is 14.3. The van der Waals surface area contributed by atoms with Crippen molar-refractivity contribution in [2.45, 2.75) is 6.10 Å². The number of carbonyl (C=O) groups excluding carboxylic acids is 2. The summed E-state index contributed by atoms with van der Waals surface area (Å²) >= 11 is 0. The third-order valence-corrected chi connectivity index (χ3v) is 4.51. The van der Waals surface area contributed by atoms with Gasteiger partial charge in [0.05, 0.1) is 6.54 Å². The lowest BCUT2D eigenvalue weighted by molar-refractivity contribution is -0.124. The van der Waals surface area contributed by atoms with Gasteiger partial charge in [0.2, 0.25) is 0 Å². The minimum absolute atomic E-state index is 0.0112. The molecule has 29 heavy (non-hydrogen) atoms. The Labute approximate surface area is 166 Å². The molecule has 0 bridgehead atoms. The third kappa shape index (κ3) is 4.24. The van der Waals surface area contributed by atoms with Gasteiger partial charge in [0.25, 0.3) is 5.91 Å². The Bertz CT molecular complexity index is 1060. The van der Waals surface area contributed by atoms with Crippen LogP contribution in [0, 0.1) is 0 Å². The number of carbonyl (C=O) groups is 2. The molecule has 0 fully saturated rings. The van der Waals surface area contributed by atoms with E-state index in [0.29, 0.717) is 18.1 Å². The van der Waals surface area contributed by atoms with E-state index in [1.807, 2.05) is 42.5 Å². The number of aromatic hydroxyl groups is 1. The standard InChI is InChI=1S/C22H19NO6/c24-18-10-15-6-2-1-5-14(15)9-17(18)22(26)28-13-21(25)23-11-16-12-27-19-7-3-4-8-20(19)29-16/h1-10,16,24H,11-13H2,(H,23,25)/t16-/m0/s1. The summed E-state index contributed by atoms with van der Waals surface area (Å²) in [7, 11) is 0. The number of rotatable bonds is 5. The molecule has 0 aromatic heterocycles. The van der Waals surface area contributed by atoms with Crippen molar-refractivity contribution in [1.82, 2.24) is 5.32 Å². The van der Waals surface area contributed by atoms with E-state index in [0.717, 1.165) is 10.8 Å². The number of fused-ring (bicyclic) bond motifs is 2. The van der Waals surface area contributed by atoms with Crippen LogP contribution in [0.4, 0.5) is 0 Å². The van der Waals surface area contributed by atoms with Gasteiger partial charge in [-0.25, -0.2) is 4.79 Å². The average molecular weight is 393 g/mol. The molecular formula is C22H19NO6. The van der Waals surface area contributed by atoms with E-state index in [-0.39, 0.29) is 24.0 Å². The Morgan fingerprint density at radius 3 is 2.52 bits per heavy atom. The lowest BCUT2D eigenvalue weighted by Gasteiger charge is -2.26. The van der Waals surface area contributed by atoms with E-state index >= 15 is 0 Å². The van der Waals surface area contributed by atoms with Crippen LogP contribution in [0.25, 0.3) is 10.8 Å². The van der Waals surface area contributed by atoms with Crippen LogP contribution in [-0.4, -0.2) is 42.8 Å². The van der Waals surface area contributed by atoms with Crippen molar-refractivity contribution in [3.8, 4) is 17.2 Å². The molecule has 0 saturated heterocycles. The highest BCUT2D eigenvalue weighted by atomic mass is 16.6. The highest BCUT2D eigenvalue weighted by molar-refractivity contribution is 5.99. The van der Waals surface area contributed by atoms with Crippen molar-refractivity contribution >= 4 is 22.6 Å². The van der Waals surface area contributed by atoms with Gasteiger partial charge >= 0.3 is 5.97 Å². The van der Waals surface area contributed by atoms with Crippen LogP contribution >= 0.6 is 0 Å². The Hall–Kier alpha value is -3.74. The molecule has 0 unspecified atom stereocenters. The molecule has 1 heterocycles. The van der Waals surface area contributed by atoms with Gasteiger partial charge in [0, 0.05) is 0 Å². The molecule has 1 amide bonds. The molecule has 0 aliphatic carbocycles. The van der Waals surface area contributed by atoms with E-state index in [2.05, 4.69) is 5.32 Å². The van der Waals surface area contributed by atoms with Crippen LogP contribution in [-0.2, 0) is 9.53 Å². The Morgan fingerprint density at radius 1 is 1.03 bits per heavy atom. The first-order chi connectivity index (χ1) is 14.1. The molecular weight excluding hydrogens is 374 g/mol. The summed E-state index contributed by atoms with van der Waals surface area (Å²) < 4.78 is 16.4. The SMILES string of the molecule is O=C(COC(=O)c1cc2ccccc2cc1O)NC[C@H]1COc2ccccc2O1. The zero-order valence-electron chi connectivity index (χ0n) is 15.5. The van der Waals surface area contributed by atoms with Gasteiger partial charge in [-0.1, -0.05) is 36.4 Å². The van der Waals surface area contributed by atoms with Crippen molar-refractivity contribution in [3.63, 3.8) is 0 Å². The number of hydrogen-bond acceptors (Lipinski definition) is 6. The zero-order chi connectivity index (χ0) is 20.2. The van der Waals surface area contributed by atoms with Gasteiger partial charge in [-0.3, -0.25) is 4.79 Å². The number of amides is 1. The van der Waals surface area contributed by atoms with Crippen LogP contribution in [0.15, 0.2) is 60.7 Å². The fourth-order valence-corrected chi connectivity index (χ4v) is 3.04. The van der Waals surface area contributed by atoms with Crippen molar-refractivity contribution in [2.75, 3.05) is 19.8 Å². The molecule has 0 radical (unpaired) electrons. The van der Waals surface area contributed by atoms with Gasteiger partial charge < -0.3 is 24.6 Å². The van der Waals surface area contributed by atoms with E-state index < -0.39 is 18.5 Å². The smallest absolute Gasteiger partial charge is 0.342 e. The monoisotopic (exact) mass is 393 g/mol. The number of ether oxygens (including phenoxy) is 3. The third-order valence-electron chi connectivity index (χ3n) is 4.51. The van der Waals surface area contributed by atoms with Gasteiger partial charge in [-0.2, -0.15) is 0 Å². The lowest BCUT2D eigenvalue weighted by atomic mass is 10.1. The van der Waals surface area contributed by atoms with Crippen molar-refractivity contribution in [2.24, 2.45) is 0 Å². The van der Waals surface area contributed by atoms with Crippen LogP contribution in [0.5, 0.6) is 17.2 Å². The van der Waals surface area contributed by atoms with E-state index in [1.54, 1.807) is 6.07 Å². The van der Waals surface area contributed by atoms with Crippen molar-refractivity contribution in [1.29, 1.82) is 0 Å². The van der Waals surface area contributed by atoms with E-state index in [1.165, 1.54) is 12.1 Å². The maximum Gasteiger partial charge on any atom is 0.342 e. The van der Waals surface area contributed by atoms with Gasteiger partial charge in [0.1, 0.15) is 24.0 Å². The summed E-state index contributed by atoms with van der Waals surface area (Å²) in [6.45, 7) is 0.0588. The second-order valence-corrected chi connectivity index (χ2v) is 6.59. The highest BCUT2D eigenvalue weighted by Crippen LogP contribution is 2.30. The van der Waals surface area contributed by atoms with E-state index in [4.69, 9.17) is 14.2 Å². The van der Waals surface area contributed by atoms with Crippen LogP contribution in [0.3, 0.4) is 0 Å². The minimum Gasteiger partial charge on any atom is -0.507 e. The first-order valence-electron chi connectivity index (χ1n) is 9.14. The molecule has 2 N–H and O–H groups in total. The van der Waals surface area contributed by atoms with Crippen LogP contribution in [0.2, 0.25) is 0 Å². The number of phenols is 1. The molecule has 1 aliphatic heterocycles. The zero-order valence-corrected chi connectivity index (χ0v) is 15.5. The number of nitrogens with one attached hydrogen (secondary N) is 1. The number of esters is 1. The average Bonchev–Trinajstić information content (AvgIpc) is 2.75. The summed E-state index contributed by atoms with van der Waals surface area (Å²) in [6, 6.07) is 17.6. The summed E-state index contributed by atoms with van der Waals surface area (Å²) in [5.41, 5.74) is 0.0112. The summed E-state index contributed by atoms with van der Waals surface area (Å²) in [5.74, 6) is -0.147. The Balaban J connectivity index is 1.29. The molecule has 7 heteroatoms. The molecule has 3 aromatic rings. The molecule has 3 aromatic carbocycles. The number of para-hydroxylation sites is 2. The van der Waals surface area contributed by atoms with Gasteiger partial charge in [-0.05, 0) is 35.0 Å². The van der Waals surface area contributed by atoms with Crippen LogP contribution in [0.1, 0.15) is 10.4 Å². The highest BCUT2D eigenvalue weighted by Gasteiger charge is 2.21.